The molecular weight excluding hydrogens is 232 g/mol. The summed E-state index contributed by atoms with van der Waals surface area (Å²) >= 11 is 2.08. The highest BCUT2D eigenvalue weighted by atomic mass is 32.2. The maximum absolute atomic E-state index is 6.12. The molecule has 2 aliphatic rings. The Morgan fingerprint density at radius 2 is 2.24 bits per heavy atom. The van der Waals surface area contributed by atoms with Crippen molar-refractivity contribution < 1.29 is 4.74 Å². The quantitative estimate of drug-likeness (QED) is 0.818. The van der Waals surface area contributed by atoms with Gasteiger partial charge in [-0.2, -0.15) is 11.8 Å². The lowest BCUT2D eigenvalue weighted by Gasteiger charge is -2.52. The van der Waals surface area contributed by atoms with Crippen LogP contribution in [0.4, 0.5) is 0 Å². The predicted molar refractivity (Wildman–Crippen MR) is 74.5 cm³/mol. The third-order valence-electron chi connectivity index (χ3n) is 4.11. The molecule has 2 fully saturated rings. The smallest absolute Gasteiger partial charge is 0.0565 e. The highest BCUT2D eigenvalue weighted by molar-refractivity contribution is 8.00. The van der Waals surface area contributed by atoms with Crippen LogP contribution in [0.3, 0.4) is 0 Å². The van der Waals surface area contributed by atoms with Crippen LogP contribution in [0.25, 0.3) is 0 Å². The minimum atomic E-state index is 0.190. The van der Waals surface area contributed by atoms with Crippen molar-refractivity contribution in [2.45, 2.75) is 50.0 Å². The highest BCUT2D eigenvalue weighted by Crippen LogP contribution is 2.37. The maximum Gasteiger partial charge on any atom is 0.0565 e. The minimum Gasteiger partial charge on any atom is -0.378 e. The Morgan fingerprint density at radius 3 is 2.82 bits per heavy atom. The zero-order valence-corrected chi connectivity index (χ0v) is 12.2. The molecule has 0 aromatic heterocycles. The van der Waals surface area contributed by atoms with E-state index in [4.69, 9.17) is 10.5 Å². The van der Waals surface area contributed by atoms with Gasteiger partial charge in [-0.1, -0.05) is 0 Å². The normalized spacial score (nSPS) is 39.2. The van der Waals surface area contributed by atoms with Crippen molar-refractivity contribution in [1.82, 2.24) is 4.90 Å². The molecule has 2 heterocycles. The molecule has 0 radical (unpaired) electrons. The number of hydrogen-bond acceptors (Lipinski definition) is 4. The molecule has 3 nitrogen and oxygen atoms in total. The maximum atomic E-state index is 6.12. The zero-order valence-electron chi connectivity index (χ0n) is 11.4. The number of nitrogens with zero attached hydrogens (tertiary/aromatic N) is 1. The summed E-state index contributed by atoms with van der Waals surface area (Å²) in [6.07, 6.45) is 2.53. The molecule has 0 aromatic rings. The van der Waals surface area contributed by atoms with E-state index >= 15 is 0 Å². The molecule has 4 heteroatoms. The van der Waals surface area contributed by atoms with Gasteiger partial charge in [0.25, 0.3) is 0 Å². The Hall–Kier alpha value is 0.230. The molecule has 0 bridgehead atoms. The lowest BCUT2D eigenvalue weighted by Crippen LogP contribution is -2.62. The van der Waals surface area contributed by atoms with Crippen LogP contribution in [-0.2, 0) is 4.74 Å². The molecule has 0 aliphatic carbocycles. The standard InChI is InChI=1S/C13H26N2OS/c1-11-8-13(9-14,4-6-16-11)15-5-7-17-12(2,3)10-15/h11H,4-10,14H2,1-3H3. The van der Waals surface area contributed by atoms with Crippen LogP contribution in [-0.4, -0.2) is 53.3 Å². The Bertz CT molecular complexity index is 272. The number of rotatable bonds is 2. The van der Waals surface area contributed by atoms with Gasteiger partial charge in [-0.05, 0) is 33.6 Å². The number of thioether (sulfide) groups is 1. The van der Waals surface area contributed by atoms with E-state index in [0.717, 1.165) is 32.5 Å². The summed E-state index contributed by atoms with van der Waals surface area (Å²) in [7, 11) is 0. The fourth-order valence-electron chi connectivity index (χ4n) is 3.17. The lowest BCUT2D eigenvalue weighted by molar-refractivity contribution is -0.0648. The van der Waals surface area contributed by atoms with Gasteiger partial charge in [0.05, 0.1) is 6.10 Å². The molecule has 100 valence electrons. The van der Waals surface area contributed by atoms with E-state index in [2.05, 4.69) is 37.4 Å². The Balaban J connectivity index is 2.11. The van der Waals surface area contributed by atoms with E-state index in [1.165, 1.54) is 12.3 Å². The van der Waals surface area contributed by atoms with Crippen LogP contribution < -0.4 is 5.73 Å². The minimum absolute atomic E-state index is 0.190. The first-order chi connectivity index (χ1) is 7.97. The van der Waals surface area contributed by atoms with Gasteiger partial charge in [-0.15, -0.1) is 0 Å². The molecule has 0 spiro atoms. The number of nitrogens with two attached hydrogens (primary N) is 1. The van der Waals surface area contributed by atoms with E-state index in [1.807, 2.05) is 0 Å². The van der Waals surface area contributed by atoms with Crippen LogP contribution in [0.1, 0.15) is 33.6 Å². The van der Waals surface area contributed by atoms with E-state index in [-0.39, 0.29) is 5.54 Å². The first-order valence-corrected chi connectivity index (χ1v) is 7.67. The Kier molecular flexibility index (Phi) is 4.08. The second-order valence-corrected chi connectivity index (χ2v) is 7.90. The summed E-state index contributed by atoms with van der Waals surface area (Å²) in [4.78, 5) is 2.64. The van der Waals surface area contributed by atoms with Gasteiger partial charge in [-0.25, -0.2) is 0 Å². The summed E-state index contributed by atoms with van der Waals surface area (Å²) in [6, 6.07) is 0. The summed E-state index contributed by atoms with van der Waals surface area (Å²) in [6.45, 7) is 10.8. The summed E-state index contributed by atoms with van der Waals surface area (Å²) in [5.74, 6) is 1.23. The lowest BCUT2D eigenvalue weighted by atomic mass is 9.84. The molecule has 0 aromatic carbocycles. The molecule has 2 N–H and O–H groups in total. The number of hydrogen-bond donors (Lipinski definition) is 1. The van der Waals surface area contributed by atoms with E-state index < -0.39 is 0 Å². The highest BCUT2D eigenvalue weighted by Gasteiger charge is 2.43. The SMILES string of the molecule is CC1CC(CN)(N2CCSC(C)(C)C2)CCO1. The van der Waals surface area contributed by atoms with Crippen molar-refractivity contribution in [2.24, 2.45) is 5.73 Å². The van der Waals surface area contributed by atoms with Crippen LogP contribution >= 0.6 is 11.8 Å². The topological polar surface area (TPSA) is 38.5 Å². The van der Waals surface area contributed by atoms with Crippen molar-refractivity contribution in [3.05, 3.63) is 0 Å². The molecule has 2 unspecified atom stereocenters. The largest absolute Gasteiger partial charge is 0.378 e. The van der Waals surface area contributed by atoms with Crippen molar-refractivity contribution >= 4 is 11.8 Å². The molecule has 0 amide bonds. The second-order valence-electron chi connectivity index (χ2n) is 6.09. The van der Waals surface area contributed by atoms with E-state index in [1.54, 1.807) is 0 Å². The fraction of sp³-hybridized carbons (Fsp3) is 1.00. The third-order valence-corrected chi connectivity index (χ3v) is 5.41. The Morgan fingerprint density at radius 1 is 1.47 bits per heavy atom. The molecular formula is C13H26N2OS. The predicted octanol–water partition coefficient (Wildman–Crippen LogP) is 1.71. The van der Waals surface area contributed by atoms with Gasteiger partial charge in [0.2, 0.25) is 0 Å². The van der Waals surface area contributed by atoms with Crippen LogP contribution in [0.15, 0.2) is 0 Å². The average Bonchev–Trinajstić information content (AvgIpc) is 2.27. The van der Waals surface area contributed by atoms with Crippen molar-refractivity contribution in [3.63, 3.8) is 0 Å². The molecule has 2 atom stereocenters. The van der Waals surface area contributed by atoms with Gasteiger partial charge < -0.3 is 10.5 Å². The van der Waals surface area contributed by atoms with Crippen molar-refractivity contribution in [1.29, 1.82) is 0 Å². The Labute approximate surface area is 109 Å². The summed E-state index contributed by atoms with van der Waals surface area (Å²) < 4.78 is 6.05. The fourth-order valence-corrected chi connectivity index (χ4v) is 4.28. The van der Waals surface area contributed by atoms with Crippen LogP contribution in [0.2, 0.25) is 0 Å². The van der Waals surface area contributed by atoms with Crippen LogP contribution in [0, 0.1) is 0 Å². The average molecular weight is 258 g/mol. The second kappa shape index (κ2) is 5.08. The molecule has 2 saturated heterocycles. The summed E-state index contributed by atoms with van der Waals surface area (Å²) in [5.41, 5.74) is 6.31. The zero-order chi connectivity index (χ0) is 12.5. The van der Waals surface area contributed by atoms with Gasteiger partial charge in [0.15, 0.2) is 0 Å². The van der Waals surface area contributed by atoms with Gasteiger partial charge in [-0.3, -0.25) is 4.90 Å². The first kappa shape index (κ1) is 13.7. The van der Waals surface area contributed by atoms with Gasteiger partial charge >= 0.3 is 0 Å². The van der Waals surface area contributed by atoms with E-state index in [0.29, 0.717) is 10.9 Å². The molecule has 17 heavy (non-hydrogen) atoms. The van der Waals surface area contributed by atoms with Crippen molar-refractivity contribution in [2.75, 3.05) is 32.0 Å². The molecule has 0 saturated carbocycles. The molecule has 2 rings (SSSR count). The number of ether oxygens (including phenoxy) is 1. The summed E-state index contributed by atoms with van der Waals surface area (Å²) in [5, 5.41) is 0. The molecule has 2 aliphatic heterocycles. The third kappa shape index (κ3) is 2.98. The first-order valence-electron chi connectivity index (χ1n) is 6.68. The monoisotopic (exact) mass is 258 g/mol. The van der Waals surface area contributed by atoms with Gasteiger partial charge in [0, 0.05) is 42.3 Å². The van der Waals surface area contributed by atoms with Crippen LogP contribution in [0.5, 0.6) is 0 Å². The van der Waals surface area contributed by atoms with Gasteiger partial charge in [0.1, 0.15) is 0 Å². The van der Waals surface area contributed by atoms with E-state index in [9.17, 15) is 0 Å². The van der Waals surface area contributed by atoms with Crippen molar-refractivity contribution in [3.8, 4) is 0 Å².